The van der Waals surface area contributed by atoms with Crippen LogP contribution in [0.1, 0.15) is 15.9 Å². The average Bonchev–Trinajstić information content (AvgIpc) is 3.53. The van der Waals surface area contributed by atoms with Crippen molar-refractivity contribution < 1.29 is 53.6 Å². The van der Waals surface area contributed by atoms with Gasteiger partial charge in [-0.05, 0) is 46.7 Å². The molecular formula is C26H24O11. The van der Waals surface area contributed by atoms with Crippen molar-refractivity contribution in [2.24, 2.45) is 0 Å². The van der Waals surface area contributed by atoms with Crippen LogP contribution in [-0.2, 0) is 16.1 Å². The van der Waals surface area contributed by atoms with Gasteiger partial charge in [0, 0.05) is 11.1 Å². The van der Waals surface area contributed by atoms with Gasteiger partial charge in [-0.2, -0.15) is 0 Å². The number of aliphatic hydroxyl groups excluding tert-OH is 4. The van der Waals surface area contributed by atoms with Crippen LogP contribution < -0.4 is 18.9 Å². The maximum atomic E-state index is 12.7. The third kappa shape index (κ3) is 3.83. The summed E-state index contributed by atoms with van der Waals surface area (Å²) in [5.41, 5.74) is 2.48. The van der Waals surface area contributed by atoms with Crippen LogP contribution >= 0.6 is 0 Å². The Hall–Kier alpha value is -3.61. The van der Waals surface area contributed by atoms with Crippen LogP contribution in [0.2, 0.25) is 0 Å². The molecule has 194 valence electrons. The number of ether oxygens (including phenoxy) is 6. The van der Waals surface area contributed by atoms with Gasteiger partial charge in [-0.25, -0.2) is 4.79 Å². The number of methoxy groups -OCH3 is 1. The number of fused-ring (bicyclic) bond motifs is 3. The van der Waals surface area contributed by atoms with Crippen molar-refractivity contribution in [3.8, 4) is 34.1 Å². The Morgan fingerprint density at radius 2 is 1.73 bits per heavy atom. The van der Waals surface area contributed by atoms with Gasteiger partial charge >= 0.3 is 5.97 Å². The molecule has 0 bridgehead atoms. The first-order valence-electron chi connectivity index (χ1n) is 11.6. The number of benzene rings is 3. The lowest BCUT2D eigenvalue weighted by Gasteiger charge is -2.39. The van der Waals surface area contributed by atoms with E-state index in [4.69, 9.17) is 28.4 Å². The molecule has 3 aromatic rings. The number of hydrogen-bond donors (Lipinski definition) is 4. The Kier molecular flexibility index (Phi) is 5.81. The molecule has 11 nitrogen and oxygen atoms in total. The molecule has 0 unspecified atom stereocenters. The van der Waals surface area contributed by atoms with Crippen molar-refractivity contribution in [3.63, 3.8) is 0 Å². The van der Waals surface area contributed by atoms with E-state index in [1.165, 1.54) is 7.11 Å². The second-order valence-electron chi connectivity index (χ2n) is 8.97. The fourth-order valence-electron chi connectivity index (χ4n) is 4.92. The van der Waals surface area contributed by atoms with E-state index in [-0.39, 0.29) is 24.9 Å². The topological polar surface area (TPSA) is 153 Å². The number of aliphatic hydroxyl groups is 4. The van der Waals surface area contributed by atoms with Crippen LogP contribution in [0.3, 0.4) is 0 Å². The minimum absolute atomic E-state index is 0.108. The molecule has 3 aliphatic heterocycles. The molecule has 0 spiro atoms. The van der Waals surface area contributed by atoms with Gasteiger partial charge in [0.25, 0.3) is 0 Å². The quantitative estimate of drug-likeness (QED) is 0.363. The first kappa shape index (κ1) is 23.8. The second-order valence-corrected chi connectivity index (χ2v) is 8.97. The number of hydrogen-bond acceptors (Lipinski definition) is 11. The standard InChI is InChI=1S/C26H24O11/c1-32-16-7-14-12(6-18(16)36-26-24(30)23(29)22(28)19(8-27)37-26)4-13-9-33-25(31)21(13)20(14)11-2-3-15-17(5-11)35-10-34-15/h2-7,19,22-24,26-30H,8-10H2,1H3/t19-,22-,23+,24-,26-/m1/s1. The van der Waals surface area contributed by atoms with Crippen molar-refractivity contribution >= 4 is 16.7 Å². The molecule has 3 aliphatic rings. The van der Waals surface area contributed by atoms with E-state index in [1.807, 2.05) is 12.1 Å². The number of cyclic esters (lactones) is 1. The summed E-state index contributed by atoms with van der Waals surface area (Å²) in [6.07, 6.45) is -7.21. The van der Waals surface area contributed by atoms with Crippen molar-refractivity contribution in [1.29, 1.82) is 0 Å². The van der Waals surface area contributed by atoms with Gasteiger partial charge in [0.2, 0.25) is 13.1 Å². The Bertz CT molecular complexity index is 1380. The molecule has 1 fully saturated rings. The predicted octanol–water partition coefficient (Wildman–Crippen LogP) is 1.09. The molecular weight excluding hydrogens is 488 g/mol. The molecule has 6 rings (SSSR count). The molecule has 37 heavy (non-hydrogen) atoms. The van der Waals surface area contributed by atoms with Gasteiger partial charge in [-0.15, -0.1) is 0 Å². The van der Waals surface area contributed by atoms with Crippen LogP contribution in [0.15, 0.2) is 36.4 Å². The van der Waals surface area contributed by atoms with Gasteiger partial charge in [0.1, 0.15) is 31.0 Å². The van der Waals surface area contributed by atoms with E-state index in [2.05, 4.69) is 0 Å². The minimum atomic E-state index is -1.59. The zero-order valence-electron chi connectivity index (χ0n) is 19.6. The lowest BCUT2D eigenvalue weighted by atomic mass is 9.90. The summed E-state index contributed by atoms with van der Waals surface area (Å²) in [6, 6.07) is 10.6. The van der Waals surface area contributed by atoms with Crippen LogP contribution in [0.4, 0.5) is 0 Å². The van der Waals surface area contributed by atoms with E-state index >= 15 is 0 Å². The Balaban J connectivity index is 1.47. The Morgan fingerprint density at radius 1 is 0.919 bits per heavy atom. The van der Waals surface area contributed by atoms with Crippen molar-refractivity contribution in [1.82, 2.24) is 0 Å². The van der Waals surface area contributed by atoms with E-state index < -0.39 is 43.3 Å². The molecule has 5 atom stereocenters. The smallest absolute Gasteiger partial charge is 0.339 e. The van der Waals surface area contributed by atoms with Gasteiger partial charge < -0.3 is 48.8 Å². The zero-order chi connectivity index (χ0) is 25.8. The van der Waals surface area contributed by atoms with Crippen LogP contribution in [0.25, 0.3) is 21.9 Å². The summed E-state index contributed by atoms with van der Waals surface area (Å²) in [5, 5.41) is 41.5. The van der Waals surface area contributed by atoms with Crippen LogP contribution in [0.5, 0.6) is 23.0 Å². The van der Waals surface area contributed by atoms with E-state index in [0.29, 0.717) is 39.0 Å². The monoisotopic (exact) mass is 512 g/mol. The van der Waals surface area contributed by atoms with Crippen LogP contribution in [-0.4, -0.2) is 77.6 Å². The fourth-order valence-corrected chi connectivity index (χ4v) is 4.92. The number of carbonyl (C=O) groups is 1. The molecule has 0 radical (unpaired) electrons. The number of rotatable bonds is 5. The summed E-state index contributed by atoms with van der Waals surface area (Å²) in [6.45, 7) is -0.365. The van der Waals surface area contributed by atoms with Crippen LogP contribution in [0, 0.1) is 0 Å². The third-order valence-corrected chi connectivity index (χ3v) is 6.82. The molecule has 11 heteroatoms. The normalized spacial score (nSPS) is 26.2. The molecule has 0 saturated carbocycles. The van der Waals surface area contributed by atoms with E-state index in [9.17, 15) is 25.2 Å². The van der Waals surface area contributed by atoms with Gasteiger partial charge in [-0.3, -0.25) is 0 Å². The molecule has 0 amide bonds. The predicted molar refractivity (Wildman–Crippen MR) is 126 cm³/mol. The minimum Gasteiger partial charge on any atom is -0.493 e. The summed E-state index contributed by atoms with van der Waals surface area (Å²) < 4.78 is 33.2. The summed E-state index contributed by atoms with van der Waals surface area (Å²) in [5.74, 6) is 1.17. The summed E-state index contributed by atoms with van der Waals surface area (Å²) >= 11 is 0. The SMILES string of the molecule is COc1cc2c(-c3ccc4c(c3)OCO4)c3c(cc2cc1O[C@@H]1O[C@H](CO)[C@@H](O)[C@H](O)[C@H]1O)COC3=O. The molecule has 0 aromatic heterocycles. The molecule has 0 aliphatic carbocycles. The molecule has 3 heterocycles. The molecule has 1 saturated heterocycles. The summed E-state index contributed by atoms with van der Waals surface area (Å²) in [4.78, 5) is 12.7. The van der Waals surface area contributed by atoms with Crippen molar-refractivity contribution in [2.45, 2.75) is 37.3 Å². The van der Waals surface area contributed by atoms with Crippen molar-refractivity contribution in [2.75, 3.05) is 20.5 Å². The zero-order valence-corrected chi connectivity index (χ0v) is 19.6. The maximum absolute atomic E-state index is 12.7. The maximum Gasteiger partial charge on any atom is 0.339 e. The van der Waals surface area contributed by atoms with E-state index in [0.717, 1.165) is 5.56 Å². The highest BCUT2D eigenvalue weighted by molar-refractivity contribution is 6.11. The highest BCUT2D eigenvalue weighted by Crippen LogP contribution is 2.45. The van der Waals surface area contributed by atoms with E-state index in [1.54, 1.807) is 24.3 Å². The highest BCUT2D eigenvalue weighted by atomic mass is 16.7. The molecule has 4 N–H and O–H groups in total. The van der Waals surface area contributed by atoms with Crippen molar-refractivity contribution in [3.05, 3.63) is 47.5 Å². The molecule has 3 aromatic carbocycles. The largest absolute Gasteiger partial charge is 0.493 e. The fraction of sp³-hybridized carbons (Fsp3) is 0.346. The van der Waals surface area contributed by atoms with Gasteiger partial charge in [0.15, 0.2) is 23.0 Å². The number of carbonyl (C=O) groups excluding carboxylic acids is 1. The first-order valence-corrected chi connectivity index (χ1v) is 11.6. The second kappa shape index (κ2) is 9.05. The number of esters is 1. The lowest BCUT2D eigenvalue weighted by molar-refractivity contribution is -0.277. The Morgan fingerprint density at radius 3 is 2.51 bits per heavy atom. The van der Waals surface area contributed by atoms with Gasteiger partial charge in [-0.1, -0.05) is 6.07 Å². The first-order chi connectivity index (χ1) is 17.9. The highest BCUT2D eigenvalue weighted by Gasteiger charge is 2.45. The Labute approximate surface area is 210 Å². The lowest BCUT2D eigenvalue weighted by Crippen LogP contribution is -2.60. The summed E-state index contributed by atoms with van der Waals surface area (Å²) in [7, 11) is 1.43. The average molecular weight is 512 g/mol. The van der Waals surface area contributed by atoms with Gasteiger partial charge in [0.05, 0.1) is 19.3 Å². The third-order valence-electron chi connectivity index (χ3n) is 6.82.